The summed E-state index contributed by atoms with van der Waals surface area (Å²) in [6.07, 6.45) is 5.10. The summed E-state index contributed by atoms with van der Waals surface area (Å²) in [4.78, 5) is 4.45. The molecule has 2 aliphatic carbocycles. The molecule has 2 bridgehead atoms. The van der Waals surface area contributed by atoms with Crippen LogP contribution >= 0.6 is 0 Å². The van der Waals surface area contributed by atoms with Crippen molar-refractivity contribution >= 4 is 0 Å². The molecule has 0 amide bonds. The number of aliphatic hydroxyl groups excluding tert-OH is 2. The zero-order valence-corrected chi connectivity index (χ0v) is 22.8. The van der Waals surface area contributed by atoms with E-state index >= 15 is 0 Å². The molecule has 2 heterocycles. The predicted octanol–water partition coefficient (Wildman–Crippen LogP) is 4.64. The van der Waals surface area contributed by atoms with Crippen LogP contribution in [0.2, 0.25) is 0 Å². The number of hydrogen-bond donors (Lipinski definition) is 2. The van der Waals surface area contributed by atoms with Gasteiger partial charge in [0.05, 0.1) is 13.2 Å². The maximum Gasteiger partial charge on any atom is 0.142 e. The Kier molecular flexibility index (Phi) is 6.11. The molecule has 2 atom stereocenters. The van der Waals surface area contributed by atoms with Gasteiger partial charge < -0.3 is 19.7 Å². The molecule has 6 nitrogen and oxygen atoms in total. The first-order valence-electron chi connectivity index (χ1n) is 13.9. The summed E-state index contributed by atoms with van der Waals surface area (Å²) in [5, 5.41) is 19.9. The summed E-state index contributed by atoms with van der Waals surface area (Å²) in [5.41, 5.74) is 4.56. The highest BCUT2D eigenvalue weighted by Crippen LogP contribution is 2.60. The van der Waals surface area contributed by atoms with Crippen molar-refractivity contribution < 1.29 is 19.7 Å². The first-order chi connectivity index (χ1) is 17.7. The highest BCUT2D eigenvalue weighted by Gasteiger charge is 2.53. The van der Waals surface area contributed by atoms with Crippen LogP contribution in [0.25, 0.3) is 0 Å². The molecule has 2 aromatic rings. The van der Waals surface area contributed by atoms with Crippen molar-refractivity contribution in [3.05, 3.63) is 58.7 Å². The topological polar surface area (TPSA) is 65.4 Å². The molecule has 2 fully saturated rings. The fourth-order valence-corrected chi connectivity index (χ4v) is 7.22. The lowest BCUT2D eigenvalue weighted by Gasteiger charge is -2.43. The molecule has 0 aromatic heterocycles. The van der Waals surface area contributed by atoms with E-state index in [-0.39, 0.29) is 29.7 Å². The molecule has 6 heteroatoms. The number of nitrogens with zero attached hydrogens (tertiary/aromatic N) is 2. The normalized spacial score (nSPS) is 25.4. The van der Waals surface area contributed by atoms with Gasteiger partial charge in [-0.3, -0.25) is 9.80 Å². The lowest BCUT2D eigenvalue weighted by molar-refractivity contribution is -0.0168. The third kappa shape index (κ3) is 4.08. The second kappa shape index (κ2) is 8.98. The quantitative estimate of drug-likeness (QED) is 0.595. The Balaban J connectivity index is 1.39. The molecule has 2 N–H and O–H groups in total. The number of aliphatic hydroxyl groups is 2. The van der Waals surface area contributed by atoms with Gasteiger partial charge in [-0.2, -0.15) is 0 Å². The Labute approximate surface area is 221 Å². The summed E-state index contributed by atoms with van der Waals surface area (Å²) >= 11 is 0. The van der Waals surface area contributed by atoms with Crippen molar-refractivity contribution in [2.45, 2.75) is 83.0 Å². The fourth-order valence-electron chi connectivity index (χ4n) is 7.22. The minimum atomic E-state index is -0.329. The van der Waals surface area contributed by atoms with Gasteiger partial charge in [-0.25, -0.2) is 0 Å². The number of ether oxygens (including phenoxy) is 2. The third-order valence-corrected chi connectivity index (χ3v) is 9.96. The maximum absolute atomic E-state index is 9.94. The van der Waals surface area contributed by atoms with Crippen LogP contribution in [0.4, 0.5) is 0 Å². The molecule has 37 heavy (non-hydrogen) atoms. The van der Waals surface area contributed by atoms with Crippen molar-refractivity contribution in [1.82, 2.24) is 9.80 Å². The van der Waals surface area contributed by atoms with Crippen LogP contribution in [0.15, 0.2) is 36.4 Å². The monoisotopic (exact) mass is 506 g/mol. The van der Waals surface area contributed by atoms with E-state index in [1.54, 1.807) is 0 Å². The second-order valence-electron chi connectivity index (χ2n) is 13.1. The van der Waals surface area contributed by atoms with Gasteiger partial charge in [-0.1, -0.05) is 18.6 Å². The molecule has 0 radical (unpaired) electrons. The van der Waals surface area contributed by atoms with Crippen LogP contribution in [0.1, 0.15) is 75.6 Å². The standard InChI is InChI=1S/C31H42N2O4/c1-29(2,17-34)32-15-22-12-25(7-9-27(22)36-19-32)31(14-21-5-6-24(31)11-21)26-8-10-28-23(13-26)16-33(20-37-28)30(3,4)18-35/h7-10,12-13,21,24,34-35H,5-6,11,14-20H2,1-4H3. The molecule has 200 valence electrons. The zero-order chi connectivity index (χ0) is 26.0. The Bertz CT molecular complexity index is 1100. The molecule has 0 saturated heterocycles. The third-order valence-electron chi connectivity index (χ3n) is 9.96. The zero-order valence-electron chi connectivity index (χ0n) is 22.8. The highest BCUT2D eigenvalue weighted by molar-refractivity contribution is 5.51. The fraction of sp³-hybridized carbons (Fsp3) is 0.613. The number of fused-ring (bicyclic) bond motifs is 4. The van der Waals surface area contributed by atoms with E-state index in [2.05, 4.69) is 73.9 Å². The molecule has 2 saturated carbocycles. The largest absolute Gasteiger partial charge is 0.478 e. The van der Waals surface area contributed by atoms with Crippen molar-refractivity contribution in [1.29, 1.82) is 0 Å². The average Bonchev–Trinajstić information content (AvgIpc) is 3.54. The van der Waals surface area contributed by atoms with Gasteiger partial charge in [-0.15, -0.1) is 0 Å². The molecule has 6 rings (SSSR count). The number of benzene rings is 2. The minimum absolute atomic E-state index is 0.00345. The Morgan fingerprint density at radius 1 is 0.811 bits per heavy atom. The van der Waals surface area contributed by atoms with Crippen LogP contribution in [0, 0.1) is 11.8 Å². The lowest BCUT2D eigenvalue weighted by Crippen LogP contribution is -2.49. The lowest BCUT2D eigenvalue weighted by atomic mass is 9.64. The summed E-state index contributed by atoms with van der Waals surface area (Å²) in [6, 6.07) is 13.8. The number of hydrogen-bond acceptors (Lipinski definition) is 6. The highest BCUT2D eigenvalue weighted by atomic mass is 16.5. The summed E-state index contributed by atoms with van der Waals surface area (Å²) in [7, 11) is 0. The summed E-state index contributed by atoms with van der Waals surface area (Å²) in [5.74, 6) is 3.34. The molecule has 0 spiro atoms. The van der Waals surface area contributed by atoms with Gasteiger partial charge in [0, 0.05) is 40.7 Å². The molecule has 2 aliphatic heterocycles. The molecule has 2 aromatic carbocycles. The predicted molar refractivity (Wildman–Crippen MR) is 144 cm³/mol. The second-order valence-corrected chi connectivity index (χ2v) is 13.1. The van der Waals surface area contributed by atoms with Crippen molar-refractivity contribution in [3.63, 3.8) is 0 Å². The van der Waals surface area contributed by atoms with E-state index in [9.17, 15) is 10.2 Å². The van der Waals surface area contributed by atoms with Gasteiger partial charge in [0.1, 0.15) is 25.0 Å². The van der Waals surface area contributed by atoms with Crippen LogP contribution in [0.5, 0.6) is 11.5 Å². The molecule has 2 unspecified atom stereocenters. The summed E-state index contributed by atoms with van der Waals surface area (Å²) < 4.78 is 12.3. The van der Waals surface area contributed by atoms with Crippen LogP contribution in [-0.4, -0.2) is 57.8 Å². The van der Waals surface area contributed by atoms with Crippen LogP contribution in [0.3, 0.4) is 0 Å². The Morgan fingerprint density at radius 2 is 1.32 bits per heavy atom. The summed E-state index contributed by atoms with van der Waals surface area (Å²) in [6.45, 7) is 11.0. The average molecular weight is 507 g/mol. The van der Waals surface area contributed by atoms with E-state index in [1.165, 1.54) is 47.9 Å². The van der Waals surface area contributed by atoms with Gasteiger partial charge in [0.2, 0.25) is 0 Å². The van der Waals surface area contributed by atoms with Crippen molar-refractivity contribution in [2.24, 2.45) is 11.8 Å². The smallest absolute Gasteiger partial charge is 0.142 e. The van der Waals surface area contributed by atoms with Gasteiger partial charge in [0.15, 0.2) is 0 Å². The van der Waals surface area contributed by atoms with E-state index < -0.39 is 0 Å². The van der Waals surface area contributed by atoms with E-state index in [0.717, 1.165) is 30.5 Å². The van der Waals surface area contributed by atoms with E-state index in [0.29, 0.717) is 19.4 Å². The van der Waals surface area contributed by atoms with Crippen molar-refractivity contribution in [2.75, 3.05) is 26.7 Å². The molecular formula is C31H42N2O4. The maximum atomic E-state index is 9.94. The minimum Gasteiger partial charge on any atom is -0.478 e. The Hall–Kier alpha value is -2.12. The van der Waals surface area contributed by atoms with Gasteiger partial charge >= 0.3 is 0 Å². The Morgan fingerprint density at radius 3 is 1.73 bits per heavy atom. The number of rotatable bonds is 6. The van der Waals surface area contributed by atoms with Crippen LogP contribution < -0.4 is 9.47 Å². The van der Waals surface area contributed by atoms with Gasteiger partial charge in [0.25, 0.3) is 0 Å². The van der Waals surface area contributed by atoms with E-state index in [4.69, 9.17) is 9.47 Å². The van der Waals surface area contributed by atoms with E-state index in [1.807, 2.05) is 0 Å². The SMILES string of the molecule is CC(C)(CO)N1COc2ccc(C3(c4ccc5c(c4)CN(C(C)(C)CO)CO5)CC4CCC3C4)cc2C1. The first-order valence-corrected chi connectivity index (χ1v) is 13.9. The van der Waals surface area contributed by atoms with Gasteiger partial charge in [-0.05, 0) is 94.2 Å². The first kappa shape index (κ1) is 25.2. The molecular weight excluding hydrogens is 464 g/mol. The molecule has 4 aliphatic rings. The van der Waals surface area contributed by atoms with Crippen LogP contribution in [-0.2, 0) is 18.5 Å². The van der Waals surface area contributed by atoms with Crippen molar-refractivity contribution in [3.8, 4) is 11.5 Å².